The zero-order valence-electron chi connectivity index (χ0n) is 15.3. The fourth-order valence-corrected chi connectivity index (χ4v) is 6.25. The lowest BCUT2D eigenvalue weighted by Crippen LogP contribution is -2.59. The zero-order valence-corrected chi connectivity index (χ0v) is 16.1. The number of carbonyl (C=O) groups is 2. The van der Waals surface area contributed by atoms with Crippen molar-refractivity contribution in [1.29, 1.82) is 0 Å². The third-order valence-electron chi connectivity index (χ3n) is 7.15. The van der Waals surface area contributed by atoms with Crippen LogP contribution in [-0.2, 0) is 9.59 Å². The molecule has 0 aromatic rings. The summed E-state index contributed by atoms with van der Waals surface area (Å²) in [6.45, 7) is 5.01. The van der Waals surface area contributed by atoms with Gasteiger partial charge in [-0.25, -0.2) is 0 Å². The minimum absolute atomic E-state index is 0. The highest BCUT2D eigenvalue weighted by Gasteiger charge is 2.55. The predicted molar refractivity (Wildman–Crippen MR) is 99.2 cm³/mol. The zero-order chi connectivity index (χ0) is 16.9. The summed E-state index contributed by atoms with van der Waals surface area (Å²) in [5, 5.41) is 0. The largest absolute Gasteiger partial charge is 0.339 e. The van der Waals surface area contributed by atoms with Crippen LogP contribution in [0.2, 0.25) is 0 Å². The molecule has 1 aliphatic heterocycles. The van der Waals surface area contributed by atoms with Crippen LogP contribution in [-0.4, -0.2) is 54.3 Å². The molecule has 142 valence electrons. The number of halogens is 1. The topological polar surface area (TPSA) is 66.6 Å². The molecule has 2 amide bonds. The highest BCUT2D eigenvalue weighted by molar-refractivity contribution is 5.85. The molecule has 4 aliphatic carbocycles. The fraction of sp³-hybridized carbons (Fsp3) is 0.895. The number of hydrogen-bond acceptors (Lipinski definition) is 3. The van der Waals surface area contributed by atoms with Gasteiger partial charge in [-0.05, 0) is 56.3 Å². The number of nitrogens with zero attached hydrogens (tertiary/aromatic N) is 2. The average Bonchev–Trinajstić information content (AvgIpc) is 2.58. The Bertz CT molecular complexity index is 495. The summed E-state index contributed by atoms with van der Waals surface area (Å²) < 4.78 is 0. The molecule has 0 radical (unpaired) electrons. The Balaban J connectivity index is 0.00000182. The number of hydrogen-bond donors (Lipinski definition) is 1. The minimum Gasteiger partial charge on any atom is -0.339 e. The van der Waals surface area contributed by atoms with Crippen molar-refractivity contribution in [3.05, 3.63) is 0 Å². The van der Waals surface area contributed by atoms with Gasteiger partial charge in [-0.15, -0.1) is 12.4 Å². The highest BCUT2D eigenvalue weighted by atomic mass is 35.5. The third-order valence-corrected chi connectivity index (χ3v) is 7.15. The normalized spacial score (nSPS) is 37.6. The number of carbonyl (C=O) groups excluding carboxylic acids is 2. The maximum Gasteiger partial charge on any atom is 0.228 e. The molecule has 1 unspecified atom stereocenters. The van der Waals surface area contributed by atoms with Crippen molar-refractivity contribution in [2.75, 3.05) is 32.7 Å². The van der Waals surface area contributed by atoms with Crippen LogP contribution in [0.4, 0.5) is 0 Å². The predicted octanol–water partition coefficient (Wildman–Crippen LogP) is 1.89. The summed E-state index contributed by atoms with van der Waals surface area (Å²) in [7, 11) is 0. The Labute approximate surface area is 157 Å². The SMILES string of the molecule is CC(CN)C(=O)N1CCN(C(=O)C23CC4CC(CC(C4)C2)C3)CC1.Cl. The second-order valence-electron chi connectivity index (χ2n) is 8.95. The van der Waals surface area contributed by atoms with Crippen LogP contribution < -0.4 is 5.73 Å². The standard InChI is InChI=1S/C19H31N3O2.ClH/c1-13(12-20)17(23)21-2-4-22(5-3-21)18(24)19-9-14-6-15(10-19)8-16(7-14)11-19;/h13-16H,2-12,20H2,1H3;1H. The Morgan fingerprint density at radius 3 is 1.84 bits per heavy atom. The molecular formula is C19H32ClN3O2. The van der Waals surface area contributed by atoms with Crippen molar-refractivity contribution in [2.24, 2.45) is 34.8 Å². The molecule has 0 spiro atoms. The van der Waals surface area contributed by atoms with Crippen molar-refractivity contribution in [1.82, 2.24) is 9.80 Å². The van der Waals surface area contributed by atoms with Crippen molar-refractivity contribution < 1.29 is 9.59 Å². The quantitative estimate of drug-likeness (QED) is 0.826. The lowest BCUT2D eigenvalue weighted by atomic mass is 9.49. The molecule has 5 aliphatic rings. The van der Waals surface area contributed by atoms with Crippen molar-refractivity contribution in [3.63, 3.8) is 0 Å². The van der Waals surface area contributed by atoms with Crippen LogP contribution in [0.15, 0.2) is 0 Å². The Morgan fingerprint density at radius 2 is 1.40 bits per heavy atom. The molecule has 1 saturated heterocycles. The smallest absolute Gasteiger partial charge is 0.228 e. The van der Waals surface area contributed by atoms with Gasteiger partial charge in [0, 0.05) is 38.6 Å². The van der Waals surface area contributed by atoms with E-state index in [1.54, 1.807) is 0 Å². The highest BCUT2D eigenvalue weighted by Crippen LogP contribution is 2.60. The van der Waals surface area contributed by atoms with Gasteiger partial charge >= 0.3 is 0 Å². The molecule has 4 bridgehead atoms. The first-order valence-electron chi connectivity index (χ1n) is 9.79. The molecule has 5 rings (SSSR count). The van der Waals surface area contributed by atoms with Crippen LogP contribution >= 0.6 is 12.4 Å². The first-order chi connectivity index (χ1) is 11.5. The number of rotatable bonds is 3. The van der Waals surface area contributed by atoms with Gasteiger partial charge < -0.3 is 15.5 Å². The Morgan fingerprint density at radius 1 is 0.960 bits per heavy atom. The summed E-state index contributed by atoms with van der Waals surface area (Å²) in [6.07, 6.45) is 7.48. The van der Waals surface area contributed by atoms with Gasteiger partial charge in [0.2, 0.25) is 11.8 Å². The van der Waals surface area contributed by atoms with E-state index in [2.05, 4.69) is 4.90 Å². The third kappa shape index (κ3) is 3.30. The Hall–Kier alpha value is -0.810. The molecule has 1 atom stereocenters. The first-order valence-corrected chi connectivity index (χ1v) is 9.79. The van der Waals surface area contributed by atoms with Gasteiger partial charge in [-0.2, -0.15) is 0 Å². The number of nitrogens with two attached hydrogens (primary N) is 1. The van der Waals surface area contributed by atoms with E-state index in [9.17, 15) is 9.59 Å². The van der Waals surface area contributed by atoms with Crippen LogP contribution in [0.25, 0.3) is 0 Å². The molecule has 25 heavy (non-hydrogen) atoms. The van der Waals surface area contributed by atoms with Gasteiger partial charge in [0.1, 0.15) is 0 Å². The molecule has 4 saturated carbocycles. The van der Waals surface area contributed by atoms with Crippen molar-refractivity contribution in [3.8, 4) is 0 Å². The Kier molecular flexibility index (Phi) is 5.36. The second kappa shape index (κ2) is 7.07. The van der Waals surface area contributed by atoms with Crippen molar-refractivity contribution >= 4 is 24.2 Å². The van der Waals surface area contributed by atoms with Gasteiger partial charge in [0.25, 0.3) is 0 Å². The molecule has 2 N–H and O–H groups in total. The van der Waals surface area contributed by atoms with E-state index in [0.717, 1.165) is 37.0 Å². The molecule has 0 aromatic heterocycles. The van der Waals surface area contributed by atoms with Crippen LogP contribution in [0, 0.1) is 29.1 Å². The van der Waals surface area contributed by atoms with E-state index in [-0.39, 0.29) is 29.6 Å². The summed E-state index contributed by atoms with van der Waals surface area (Å²) in [6, 6.07) is 0. The number of amides is 2. The van der Waals surface area contributed by atoms with Gasteiger partial charge in [-0.1, -0.05) is 6.92 Å². The van der Waals surface area contributed by atoms with Gasteiger partial charge in [-0.3, -0.25) is 9.59 Å². The molecule has 5 nitrogen and oxygen atoms in total. The van der Waals surface area contributed by atoms with Gasteiger partial charge in [0.15, 0.2) is 0 Å². The molecule has 5 fully saturated rings. The van der Waals surface area contributed by atoms with Crippen molar-refractivity contribution in [2.45, 2.75) is 45.4 Å². The summed E-state index contributed by atoms with van der Waals surface area (Å²) in [5.41, 5.74) is 5.56. The summed E-state index contributed by atoms with van der Waals surface area (Å²) in [5.74, 6) is 2.82. The molecule has 6 heteroatoms. The lowest BCUT2D eigenvalue weighted by Gasteiger charge is -2.57. The van der Waals surface area contributed by atoms with E-state index in [1.807, 2.05) is 11.8 Å². The first kappa shape index (κ1) is 19.0. The monoisotopic (exact) mass is 369 g/mol. The average molecular weight is 370 g/mol. The van der Waals surface area contributed by atoms with E-state index >= 15 is 0 Å². The second-order valence-corrected chi connectivity index (χ2v) is 8.95. The maximum atomic E-state index is 13.3. The van der Waals surface area contributed by atoms with Crippen LogP contribution in [0.5, 0.6) is 0 Å². The molecular weight excluding hydrogens is 338 g/mol. The fourth-order valence-electron chi connectivity index (χ4n) is 6.25. The lowest BCUT2D eigenvalue weighted by molar-refractivity contribution is -0.161. The minimum atomic E-state index is -0.115. The summed E-state index contributed by atoms with van der Waals surface area (Å²) in [4.78, 5) is 29.5. The molecule has 1 heterocycles. The van der Waals surface area contributed by atoms with E-state index in [0.29, 0.717) is 38.6 Å². The molecule has 0 aromatic carbocycles. The number of piperazine rings is 1. The van der Waals surface area contributed by atoms with E-state index < -0.39 is 0 Å². The van der Waals surface area contributed by atoms with E-state index in [4.69, 9.17) is 5.73 Å². The van der Waals surface area contributed by atoms with Crippen LogP contribution in [0.3, 0.4) is 0 Å². The van der Waals surface area contributed by atoms with E-state index in [1.165, 1.54) is 19.3 Å². The maximum absolute atomic E-state index is 13.3. The summed E-state index contributed by atoms with van der Waals surface area (Å²) >= 11 is 0. The van der Waals surface area contributed by atoms with Gasteiger partial charge in [0.05, 0.1) is 5.41 Å². The van der Waals surface area contributed by atoms with Crippen LogP contribution in [0.1, 0.15) is 45.4 Å².